The van der Waals surface area contributed by atoms with Crippen LogP contribution in [-0.4, -0.2) is 31.4 Å². The number of nitrogens with zero attached hydrogens (tertiary/aromatic N) is 1. The molecular formula is C22H19N3O6S. The second kappa shape index (κ2) is 8.98. The molecule has 0 heterocycles. The Bertz CT molecular complexity index is 1320. The van der Waals surface area contributed by atoms with Crippen molar-refractivity contribution in [3.05, 3.63) is 93.5 Å². The molecule has 32 heavy (non-hydrogen) atoms. The number of aryl methyl sites for hydroxylation is 1. The van der Waals surface area contributed by atoms with Crippen LogP contribution in [0.5, 0.6) is 0 Å². The van der Waals surface area contributed by atoms with E-state index in [1.165, 1.54) is 0 Å². The molecule has 0 saturated heterocycles. The second-order valence-corrected chi connectivity index (χ2v) is 9.06. The zero-order chi connectivity index (χ0) is 23.5. The van der Waals surface area contributed by atoms with Gasteiger partial charge in [0, 0.05) is 40.9 Å². The van der Waals surface area contributed by atoms with Gasteiger partial charge in [-0.1, -0.05) is 24.3 Å². The number of non-ortho nitro benzene ring substituents is 1. The number of amides is 2. The molecule has 0 aromatic heterocycles. The van der Waals surface area contributed by atoms with Crippen LogP contribution in [0.15, 0.2) is 71.6 Å². The van der Waals surface area contributed by atoms with Crippen molar-refractivity contribution in [3.63, 3.8) is 0 Å². The highest BCUT2D eigenvalue weighted by Gasteiger charge is 2.20. The molecule has 0 spiro atoms. The number of carbonyl (C=O) groups excluding carboxylic acids is 2. The SMILES string of the molecule is Cc1ccc(NC(=O)c2ccccc2)cc1NC(=O)c1cc([N+](=O)[O-])cc(S(C)(=O)=O)c1. The summed E-state index contributed by atoms with van der Waals surface area (Å²) in [6, 6.07) is 16.5. The minimum atomic E-state index is -3.77. The summed E-state index contributed by atoms with van der Waals surface area (Å²) in [6.07, 6.45) is 0.900. The van der Waals surface area contributed by atoms with Gasteiger partial charge in [0.25, 0.3) is 17.5 Å². The minimum absolute atomic E-state index is 0.183. The lowest BCUT2D eigenvalue weighted by atomic mass is 10.1. The molecule has 0 bridgehead atoms. The van der Waals surface area contributed by atoms with Gasteiger partial charge in [-0.15, -0.1) is 0 Å². The Kier molecular flexibility index (Phi) is 6.35. The van der Waals surface area contributed by atoms with Crippen molar-refractivity contribution >= 4 is 38.7 Å². The number of rotatable bonds is 6. The summed E-state index contributed by atoms with van der Waals surface area (Å²) in [6.45, 7) is 1.73. The van der Waals surface area contributed by atoms with Crippen molar-refractivity contribution in [2.24, 2.45) is 0 Å². The Labute approximate surface area is 184 Å². The normalized spacial score (nSPS) is 10.9. The molecular weight excluding hydrogens is 434 g/mol. The van der Waals surface area contributed by atoms with Crippen LogP contribution < -0.4 is 10.6 Å². The largest absolute Gasteiger partial charge is 0.322 e. The van der Waals surface area contributed by atoms with Gasteiger partial charge in [-0.2, -0.15) is 0 Å². The van der Waals surface area contributed by atoms with E-state index in [2.05, 4.69) is 10.6 Å². The van der Waals surface area contributed by atoms with Crippen molar-refractivity contribution in [2.75, 3.05) is 16.9 Å². The van der Waals surface area contributed by atoms with Crippen LogP contribution in [0.1, 0.15) is 26.3 Å². The summed E-state index contributed by atoms with van der Waals surface area (Å²) in [5.41, 5.74) is 1.22. The third-order valence-corrected chi connectivity index (χ3v) is 5.66. The quantitative estimate of drug-likeness (QED) is 0.430. The molecule has 0 unspecified atom stereocenters. The molecule has 0 fully saturated rings. The van der Waals surface area contributed by atoms with Gasteiger partial charge in [-0.05, 0) is 42.8 Å². The molecule has 3 aromatic rings. The third kappa shape index (κ3) is 5.35. The lowest BCUT2D eigenvalue weighted by Crippen LogP contribution is -2.15. The number of hydrogen-bond acceptors (Lipinski definition) is 6. The maximum absolute atomic E-state index is 12.8. The molecule has 0 saturated carbocycles. The fourth-order valence-electron chi connectivity index (χ4n) is 2.86. The first kappa shape index (κ1) is 22.6. The van der Waals surface area contributed by atoms with E-state index in [9.17, 15) is 28.1 Å². The Hall–Kier alpha value is -4.05. The van der Waals surface area contributed by atoms with E-state index in [1.54, 1.807) is 55.5 Å². The van der Waals surface area contributed by atoms with Crippen molar-refractivity contribution in [1.29, 1.82) is 0 Å². The number of nitrogens with one attached hydrogen (secondary N) is 2. The van der Waals surface area contributed by atoms with E-state index >= 15 is 0 Å². The molecule has 2 amide bonds. The molecule has 9 nitrogen and oxygen atoms in total. The Morgan fingerprint density at radius 1 is 0.875 bits per heavy atom. The predicted molar refractivity (Wildman–Crippen MR) is 120 cm³/mol. The van der Waals surface area contributed by atoms with Crippen molar-refractivity contribution in [2.45, 2.75) is 11.8 Å². The number of benzene rings is 3. The van der Waals surface area contributed by atoms with Gasteiger partial charge in [0.2, 0.25) is 0 Å². The summed E-state index contributed by atoms with van der Waals surface area (Å²) >= 11 is 0. The van der Waals surface area contributed by atoms with Gasteiger partial charge in [0.15, 0.2) is 9.84 Å². The van der Waals surface area contributed by atoms with E-state index in [4.69, 9.17) is 0 Å². The topological polar surface area (TPSA) is 135 Å². The van der Waals surface area contributed by atoms with E-state index in [0.29, 0.717) is 22.5 Å². The molecule has 2 N–H and O–H groups in total. The monoisotopic (exact) mass is 453 g/mol. The molecule has 0 radical (unpaired) electrons. The van der Waals surface area contributed by atoms with Gasteiger partial charge in [-0.25, -0.2) is 8.42 Å². The smallest absolute Gasteiger partial charge is 0.271 e. The van der Waals surface area contributed by atoms with Crippen LogP contribution in [-0.2, 0) is 9.84 Å². The lowest BCUT2D eigenvalue weighted by Gasteiger charge is -2.12. The van der Waals surface area contributed by atoms with E-state index < -0.39 is 26.4 Å². The second-order valence-electron chi connectivity index (χ2n) is 7.05. The predicted octanol–water partition coefficient (Wildman–Crippen LogP) is 3.81. The van der Waals surface area contributed by atoms with Gasteiger partial charge in [-0.3, -0.25) is 19.7 Å². The van der Waals surface area contributed by atoms with Crippen LogP contribution in [0.3, 0.4) is 0 Å². The first-order valence-corrected chi connectivity index (χ1v) is 11.2. The van der Waals surface area contributed by atoms with Gasteiger partial charge in [0.05, 0.1) is 9.82 Å². The highest BCUT2D eigenvalue weighted by molar-refractivity contribution is 7.90. The summed E-state index contributed by atoms with van der Waals surface area (Å²) in [5.74, 6) is -1.06. The van der Waals surface area contributed by atoms with E-state index in [1.807, 2.05) is 0 Å². The van der Waals surface area contributed by atoms with Gasteiger partial charge >= 0.3 is 0 Å². The van der Waals surface area contributed by atoms with E-state index in [0.717, 1.165) is 24.5 Å². The molecule has 3 rings (SSSR count). The number of nitro groups is 1. The van der Waals surface area contributed by atoms with Crippen LogP contribution in [0.4, 0.5) is 17.1 Å². The molecule has 3 aromatic carbocycles. The Morgan fingerprint density at radius 2 is 1.53 bits per heavy atom. The number of carbonyl (C=O) groups is 2. The first-order valence-electron chi connectivity index (χ1n) is 9.32. The van der Waals surface area contributed by atoms with Crippen LogP contribution in [0.25, 0.3) is 0 Å². The van der Waals surface area contributed by atoms with E-state index in [-0.39, 0.29) is 16.4 Å². The molecule has 0 atom stereocenters. The van der Waals surface area contributed by atoms with Gasteiger partial charge < -0.3 is 10.6 Å². The highest BCUT2D eigenvalue weighted by Crippen LogP contribution is 2.24. The minimum Gasteiger partial charge on any atom is -0.322 e. The zero-order valence-electron chi connectivity index (χ0n) is 17.2. The average Bonchev–Trinajstić information content (AvgIpc) is 2.75. The molecule has 0 aliphatic heterocycles. The standard InChI is InChI=1S/C22H19N3O6S/c1-14-8-9-17(23-21(26)15-6-4-3-5-7-15)12-20(14)24-22(27)16-10-18(25(28)29)13-19(11-16)32(2,30)31/h3-13H,1-2H3,(H,23,26)(H,24,27). The lowest BCUT2D eigenvalue weighted by molar-refractivity contribution is -0.385. The van der Waals surface area contributed by atoms with Crippen molar-refractivity contribution < 1.29 is 22.9 Å². The molecule has 0 aliphatic carbocycles. The molecule has 164 valence electrons. The maximum atomic E-state index is 12.8. The van der Waals surface area contributed by atoms with Crippen LogP contribution in [0.2, 0.25) is 0 Å². The van der Waals surface area contributed by atoms with Crippen molar-refractivity contribution in [1.82, 2.24) is 0 Å². The summed E-state index contributed by atoms with van der Waals surface area (Å²) < 4.78 is 23.7. The summed E-state index contributed by atoms with van der Waals surface area (Å²) in [4.78, 5) is 35.2. The zero-order valence-corrected chi connectivity index (χ0v) is 18.0. The number of nitro benzene ring substituents is 1. The molecule has 0 aliphatic rings. The highest BCUT2D eigenvalue weighted by atomic mass is 32.2. The number of hydrogen-bond donors (Lipinski definition) is 2. The fourth-order valence-corrected chi connectivity index (χ4v) is 3.53. The maximum Gasteiger partial charge on any atom is 0.271 e. The summed E-state index contributed by atoms with van der Waals surface area (Å²) in [7, 11) is -3.77. The average molecular weight is 453 g/mol. The van der Waals surface area contributed by atoms with Gasteiger partial charge in [0.1, 0.15) is 0 Å². The third-order valence-electron chi connectivity index (χ3n) is 4.57. The molecule has 10 heteroatoms. The Morgan fingerprint density at radius 3 is 2.16 bits per heavy atom. The number of sulfone groups is 1. The van der Waals surface area contributed by atoms with Crippen molar-refractivity contribution in [3.8, 4) is 0 Å². The first-order chi connectivity index (χ1) is 15.0. The Balaban J connectivity index is 1.88. The fraction of sp³-hybridized carbons (Fsp3) is 0.0909. The summed E-state index contributed by atoms with van der Waals surface area (Å²) in [5, 5.41) is 16.5. The number of anilines is 2. The van der Waals surface area contributed by atoms with Crippen LogP contribution in [0, 0.1) is 17.0 Å². The van der Waals surface area contributed by atoms with Crippen LogP contribution >= 0.6 is 0 Å².